The predicted octanol–water partition coefficient (Wildman–Crippen LogP) is 2.77. The molecule has 0 saturated carbocycles. The Bertz CT molecular complexity index is 809. The van der Waals surface area contributed by atoms with E-state index in [1.54, 1.807) is 9.80 Å². The summed E-state index contributed by atoms with van der Waals surface area (Å²) in [6.07, 6.45) is 3.16. The molecule has 0 aliphatic carbocycles. The van der Waals surface area contributed by atoms with Crippen molar-refractivity contribution in [2.45, 2.75) is 43.9 Å². The zero-order valence-corrected chi connectivity index (χ0v) is 15.2. The highest BCUT2D eigenvalue weighted by molar-refractivity contribution is 6.01. The van der Waals surface area contributed by atoms with E-state index in [0.717, 1.165) is 0 Å². The number of hydrogen-bond donors (Lipinski definition) is 1. The van der Waals surface area contributed by atoms with Gasteiger partial charge in [0.1, 0.15) is 5.60 Å². The minimum absolute atomic E-state index is 0.0879. The van der Waals surface area contributed by atoms with Gasteiger partial charge in [-0.3, -0.25) is 14.6 Å². The first-order chi connectivity index (χ1) is 12.4. The molecule has 2 fully saturated rings. The van der Waals surface area contributed by atoms with Gasteiger partial charge in [0.25, 0.3) is 0 Å². The number of anilines is 1. The summed E-state index contributed by atoms with van der Waals surface area (Å²) in [7, 11) is 1.33. The molecule has 3 heterocycles. The van der Waals surface area contributed by atoms with E-state index in [1.165, 1.54) is 7.11 Å². The SMILES string of the molecule is C=C[C@]1(CC)CCC(=O)N2c3ccccc3[C@]3(O)CCN(C(=O)OC)[C@@]213. The maximum absolute atomic E-state index is 13.1. The van der Waals surface area contributed by atoms with Gasteiger partial charge in [0.05, 0.1) is 12.8 Å². The van der Waals surface area contributed by atoms with E-state index in [4.69, 9.17) is 4.74 Å². The van der Waals surface area contributed by atoms with Crippen LogP contribution in [0.3, 0.4) is 0 Å². The molecule has 3 aliphatic heterocycles. The molecule has 1 aromatic carbocycles. The van der Waals surface area contributed by atoms with Gasteiger partial charge < -0.3 is 9.84 Å². The van der Waals surface area contributed by atoms with Crippen molar-refractivity contribution < 1.29 is 19.4 Å². The minimum Gasteiger partial charge on any atom is -0.453 e. The molecule has 0 radical (unpaired) electrons. The molecule has 3 aliphatic rings. The fourth-order valence-corrected chi connectivity index (χ4v) is 5.63. The fraction of sp³-hybridized carbons (Fsp3) is 0.500. The Morgan fingerprint density at radius 1 is 1.38 bits per heavy atom. The van der Waals surface area contributed by atoms with Crippen molar-refractivity contribution >= 4 is 17.7 Å². The zero-order valence-electron chi connectivity index (χ0n) is 15.2. The second-order valence-electron chi connectivity index (χ2n) is 7.36. The number of carbonyl (C=O) groups excluding carboxylic acids is 2. The molecular weight excluding hydrogens is 332 g/mol. The second kappa shape index (κ2) is 5.33. The molecule has 1 N–H and O–H groups in total. The number of nitrogens with zero attached hydrogens (tertiary/aromatic N) is 2. The first kappa shape index (κ1) is 17.1. The third-order valence-corrected chi connectivity index (χ3v) is 6.72. The normalized spacial score (nSPS) is 35.0. The number of rotatable bonds is 2. The summed E-state index contributed by atoms with van der Waals surface area (Å²) in [6, 6.07) is 7.40. The molecule has 1 aromatic rings. The van der Waals surface area contributed by atoms with E-state index in [9.17, 15) is 14.7 Å². The van der Waals surface area contributed by atoms with Gasteiger partial charge in [-0.1, -0.05) is 31.2 Å². The molecule has 6 heteroatoms. The van der Waals surface area contributed by atoms with Crippen molar-refractivity contribution in [3.8, 4) is 0 Å². The number of methoxy groups -OCH3 is 1. The predicted molar refractivity (Wildman–Crippen MR) is 96.4 cm³/mol. The average molecular weight is 356 g/mol. The molecule has 0 unspecified atom stereocenters. The quantitative estimate of drug-likeness (QED) is 0.827. The van der Waals surface area contributed by atoms with Crippen molar-refractivity contribution in [3.63, 3.8) is 0 Å². The largest absolute Gasteiger partial charge is 0.453 e. The van der Waals surface area contributed by atoms with Crippen molar-refractivity contribution in [2.24, 2.45) is 5.41 Å². The Morgan fingerprint density at radius 3 is 2.77 bits per heavy atom. The minimum atomic E-state index is -1.36. The summed E-state index contributed by atoms with van der Waals surface area (Å²) in [6.45, 7) is 6.39. The highest BCUT2D eigenvalue weighted by atomic mass is 16.5. The highest BCUT2D eigenvalue weighted by Crippen LogP contribution is 2.67. The molecule has 3 atom stereocenters. The summed E-state index contributed by atoms with van der Waals surface area (Å²) < 4.78 is 5.05. The van der Waals surface area contributed by atoms with Gasteiger partial charge in [-0.05, 0) is 18.9 Å². The number of hydrogen-bond acceptors (Lipinski definition) is 4. The number of aliphatic hydroxyl groups is 1. The zero-order chi connectivity index (χ0) is 18.7. The molecule has 26 heavy (non-hydrogen) atoms. The van der Waals surface area contributed by atoms with Gasteiger partial charge in [0, 0.05) is 30.4 Å². The number of fused-ring (bicyclic) bond motifs is 3. The number of likely N-dealkylation sites (tertiary alicyclic amines) is 1. The van der Waals surface area contributed by atoms with Gasteiger partial charge in [-0.25, -0.2) is 4.79 Å². The van der Waals surface area contributed by atoms with Gasteiger partial charge >= 0.3 is 6.09 Å². The molecular formula is C20H24N2O4. The van der Waals surface area contributed by atoms with Crippen LogP contribution in [0.1, 0.15) is 38.2 Å². The smallest absolute Gasteiger partial charge is 0.411 e. The Balaban J connectivity index is 2.11. The molecule has 6 nitrogen and oxygen atoms in total. The lowest BCUT2D eigenvalue weighted by atomic mass is 9.61. The number of ether oxygens (including phenoxy) is 1. The monoisotopic (exact) mass is 356 g/mol. The fourth-order valence-electron chi connectivity index (χ4n) is 5.63. The lowest BCUT2D eigenvalue weighted by molar-refractivity contribution is -0.147. The van der Waals surface area contributed by atoms with Crippen LogP contribution in [-0.2, 0) is 15.1 Å². The molecule has 2 amide bonds. The van der Waals surface area contributed by atoms with Crippen molar-refractivity contribution in [2.75, 3.05) is 18.6 Å². The van der Waals surface area contributed by atoms with Crippen LogP contribution in [0.4, 0.5) is 10.5 Å². The Kier molecular flexibility index (Phi) is 3.50. The van der Waals surface area contributed by atoms with Crippen LogP contribution < -0.4 is 4.90 Å². The van der Waals surface area contributed by atoms with E-state index in [1.807, 2.05) is 37.3 Å². The maximum Gasteiger partial charge on any atom is 0.411 e. The number of carbonyl (C=O) groups is 2. The van der Waals surface area contributed by atoms with Crippen LogP contribution in [0.2, 0.25) is 0 Å². The third-order valence-electron chi connectivity index (χ3n) is 6.72. The molecule has 4 rings (SSSR count). The van der Waals surface area contributed by atoms with Crippen LogP contribution in [-0.4, -0.2) is 41.3 Å². The number of amides is 2. The lowest BCUT2D eigenvalue weighted by Crippen LogP contribution is -2.75. The first-order valence-corrected chi connectivity index (χ1v) is 9.07. The van der Waals surface area contributed by atoms with E-state index < -0.39 is 22.8 Å². The van der Waals surface area contributed by atoms with Gasteiger partial charge in [0.2, 0.25) is 5.91 Å². The number of benzene rings is 1. The number of para-hydroxylation sites is 1. The van der Waals surface area contributed by atoms with Crippen molar-refractivity contribution in [3.05, 3.63) is 42.5 Å². The van der Waals surface area contributed by atoms with Crippen LogP contribution in [0, 0.1) is 5.41 Å². The maximum atomic E-state index is 13.1. The third kappa shape index (κ3) is 1.57. The molecule has 0 aromatic heterocycles. The van der Waals surface area contributed by atoms with E-state index in [2.05, 4.69) is 6.58 Å². The molecule has 138 valence electrons. The molecule has 2 saturated heterocycles. The van der Waals surface area contributed by atoms with E-state index in [0.29, 0.717) is 43.5 Å². The highest BCUT2D eigenvalue weighted by Gasteiger charge is 2.78. The van der Waals surface area contributed by atoms with Gasteiger partial charge in [-0.2, -0.15) is 0 Å². The number of piperidine rings is 1. The van der Waals surface area contributed by atoms with Gasteiger partial charge in [0.15, 0.2) is 5.66 Å². The Morgan fingerprint density at radius 2 is 2.12 bits per heavy atom. The first-order valence-electron chi connectivity index (χ1n) is 9.07. The van der Waals surface area contributed by atoms with Crippen LogP contribution in [0.5, 0.6) is 0 Å². The van der Waals surface area contributed by atoms with Crippen LogP contribution in [0.25, 0.3) is 0 Å². The summed E-state index contributed by atoms with van der Waals surface area (Å²) in [5.41, 5.74) is -1.88. The van der Waals surface area contributed by atoms with Gasteiger partial charge in [-0.15, -0.1) is 6.58 Å². The van der Waals surface area contributed by atoms with Crippen LogP contribution in [0.15, 0.2) is 36.9 Å². The standard InChI is InChI=1S/C20H24N2O4/c1-4-18(5-2)11-10-16(23)22-15-9-7-6-8-14(15)19(25)12-13-21(17(24)26-3)20(18,19)22/h4,6-9,25H,1,5,10-13H2,2-3H3/t18-,19+,20+/m0/s1. The average Bonchev–Trinajstić information content (AvgIpc) is 3.09. The summed E-state index contributed by atoms with van der Waals surface area (Å²) in [4.78, 5) is 29.0. The summed E-state index contributed by atoms with van der Waals surface area (Å²) >= 11 is 0. The summed E-state index contributed by atoms with van der Waals surface area (Å²) in [5, 5.41) is 12.0. The molecule has 1 spiro atoms. The Labute approximate surface area is 153 Å². The summed E-state index contributed by atoms with van der Waals surface area (Å²) in [5.74, 6) is -0.0879. The second-order valence-corrected chi connectivity index (χ2v) is 7.36. The lowest BCUT2D eigenvalue weighted by Gasteiger charge is -2.59. The van der Waals surface area contributed by atoms with Crippen molar-refractivity contribution in [1.29, 1.82) is 0 Å². The Hall–Kier alpha value is -2.34. The van der Waals surface area contributed by atoms with Crippen molar-refractivity contribution in [1.82, 2.24) is 4.90 Å². The van der Waals surface area contributed by atoms with E-state index >= 15 is 0 Å². The van der Waals surface area contributed by atoms with Crippen LogP contribution >= 0.6 is 0 Å². The topological polar surface area (TPSA) is 70.1 Å². The van der Waals surface area contributed by atoms with E-state index in [-0.39, 0.29) is 5.91 Å². The molecule has 0 bridgehead atoms.